The van der Waals surface area contributed by atoms with Crippen LogP contribution >= 0.6 is 11.6 Å². The Bertz CT molecular complexity index is 945. The summed E-state index contributed by atoms with van der Waals surface area (Å²) < 4.78 is 5.28. The van der Waals surface area contributed by atoms with Gasteiger partial charge in [0.25, 0.3) is 5.91 Å². The Kier molecular flexibility index (Phi) is 5.88. The van der Waals surface area contributed by atoms with E-state index in [2.05, 4.69) is 20.8 Å². The summed E-state index contributed by atoms with van der Waals surface area (Å²) in [7, 11) is 1.57. The second-order valence-corrected chi connectivity index (χ2v) is 6.38. The highest BCUT2D eigenvalue weighted by Crippen LogP contribution is 2.29. The summed E-state index contributed by atoms with van der Waals surface area (Å²) >= 11 is 6.02. The predicted octanol–water partition coefficient (Wildman–Crippen LogP) is 4.12. The lowest BCUT2D eigenvalue weighted by Crippen LogP contribution is -2.24. The van der Waals surface area contributed by atoms with Crippen LogP contribution in [-0.2, 0) is 6.54 Å². The first-order valence-corrected chi connectivity index (χ1v) is 8.71. The fraction of sp³-hybridized carbons (Fsp3) is 0.150. The van der Waals surface area contributed by atoms with E-state index < -0.39 is 0 Å². The van der Waals surface area contributed by atoms with Gasteiger partial charge in [0.1, 0.15) is 5.75 Å². The Morgan fingerprint density at radius 2 is 1.96 bits per heavy atom. The lowest BCUT2D eigenvalue weighted by atomic mass is 10.1. The highest BCUT2D eigenvalue weighted by Gasteiger charge is 2.10. The third kappa shape index (κ3) is 4.95. The van der Waals surface area contributed by atoms with E-state index in [0.717, 1.165) is 11.1 Å². The number of nitrogens with one attached hydrogen (secondary N) is 2. The zero-order valence-electron chi connectivity index (χ0n) is 15.0. The molecule has 1 heterocycles. The molecule has 2 aromatic carbocycles. The Morgan fingerprint density at radius 1 is 1.11 bits per heavy atom. The number of anilines is 2. The maximum atomic E-state index is 12.2. The van der Waals surface area contributed by atoms with E-state index in [4.69, 9.17) is 16.3 Å². The molecule has 6 nitrogen and oxygen atoms in total. The van der Waals surface area contributed by atoms with Crippen LogP contribution in [0.1, 0.15) is 21.6 Å². The second kappa shape index (κ2) is 8.51. The zero-order valence-corrected chi connectivity index (χ0v) is 15.7. The summed E-state index contributed by atoms with van der Waals surface area (Å²) in [6.45, 7) is 2.44. The molecule has 3 aromatic rings. The minimum absolute atomic E-state index is 0.242. The van der Waals surface area contributed by atoms with Crippen molar-refractivity contribution in [2.45, 2.75) is 13.5 Å². The van der Waals surface area contributed by atoms with Crippen molar-refractivity contribution in [2.24, 2.45) is 0 Å². The summed E-state index contributed by atoms with van der Waals surface area (Å²) in [5.74, 6) is 0.822. The number of hydrogen-bond donors (Lipinski definition) is 2. The first-order chi connectivity index (χ1) is 13.0. The number of benzene rings is 2. The van der Waals surface area contributed by atoms with Gasteiger partial charge in [-0.15, -0.1) is 10.2 Å². The zero-order chi connectivity index (χ0) is 19.2. The van der Waals surface area contributed by atoms with Crippen LogP contribution in [0.5, 0.6) is 5.75 Å². The summed E-state index contributed by atoms with van der Waals surface area (Å²) in [6, 6.07) is 16.5. The topological polar surface area (TPSA) is 76.1 Å². The van der Waals surface area contributed by atoms with Gasteiger partial charge < -0.3 is 15.4 Å². The Hall–Kier alpha value is -3.12. The number of rotatable bonds is 6. The van der Waals surface area contributed by atoms with Crippen LogP contribution in [-0.4, -0.2) is 23.2 Å². The van der Waals surface area contributed by atoms with Crippen molar-refractivity contribution >= 4 is 29.0 Å². The minimum atomic E-state index is -0.282. The minimum Gasteiger partial charge on any atom is -0.495 e. The molecule has 0 radical (unpaired) electrons. The molecule has 3 rings (SSSR count). The molecule has 2 N–H and O–H groups in total. The normalized spacial score (nSPS) is 10.3. The van der Waals surface area contributed by atoms with Gasteiger partial charge in [0.2, 0.25) is 0 Å². The van der Waals surface area contributed by atoms with Gasteiger partial charge in [-0.1, -0.05) is 41.4 Å². The van der Waals surface area contributed by atoms with E-state index in [-0.39, 0.29) is 11.6 Å². The van der Waals surface area contributed by atoms with Gasteiger partial charge in [-0.25, -0.2) is 0 Å². The molecule has 0 saturated heterocycles. The summed E-state index contributed by atoms with van der Waals surface area (Å²) in [5.41, 5.74) is 3.08. The second-order valence-electron chi connectivity index (χ2n) is 5.95. The number of aromatic nitrogens is 2. The van der Waals surface area contributed by atoms with Crippen LogP contribution in [0.2, 0.25) is 5.02 Å². The van der Waals surface area contributed by atoms with Crippen LogP contribution in [0.15, 0.2) is 54.6 Å². The Morgan fingerprint density at radius 3 is 2.67 bits per heavy atom. The van der Waals surface area contributed by atoms with E-state index in [1.807, 2.05) is 31.2 Å². The van der Waals surface area contributed by atoms with Gasteiger partial charge in [-0.05, 0) is 42.8 Å². The van der Waals surface area contributed by atoms with Crippen LogP contribution in [0, 0.1) is 6.92 Å². The smallest absolute Gasteiger partial charge is 0.272 e. The van der Waals surface area contributed by atoms with Gasteiger partial charge in [0, 0.05) is 11.6 Å². The molecule has 7 heteroatoms. The quantitative estimate of drug-likeness (QED) is 0.670. The van der Waals surface area contributed by atoms with Gasteiger partial charge in [0.15, 0.2) is 11.5 Å². The summed E-state index contributed by atoms with van der Waals surface area (Å²) in [6.07, 6.45) is 0. The third-order valence-electron chi connectivity index (χ3n) is 3.86. The predicted molar refractivity (Wildman–Crippen MR) is 106 cm³/mol. The summed E-state index contributed by atoms with van der Waals surface area (Å²) in [4.78, 5) is 12.2. The lowest BCUT2D eigenvalue weighted by molar-refractivity contribution is 0.0945. The molecule has 1 amide bonds. The van der Waals surface area contributed by atoms with Gasteiger partial charge in [-0.2, -0.15) is 0 Å². The molecule has 1 aromatic heterocycles. The highest BCUT2D eigenvalue weighted by atomic mass is 35.5. The molecular formula is C20H19ClN4O2. The van der Waals surface area contributed by atoms with Crippen LogP contribution in [0.25, 0.3) is 0 Å². The number of halogens is 1. The van der Waals surface area contributed by atoms with Crippen LogP contribution < -0.4 is 15.4 Å². The monoisotopic (exact) mass is 382 g/mol. The van der Waals surface area contributed by atoms with Crippen LogP contribution in [0.3, 0.4) is 0 Å². The number of aryl methyl sites for hydroxylation is 1. The number of methoxy groups -OCH3 is 1. The molecule has 0 bridgehead atoms. The number of carbonyl (C=O) groups is 1. The molecule has 0 fully saturated rings. The Balaban J connectivity index is 1.64. The van der Waals surface area contributed by atoms with E-state index in [9.17, 15) is 4.79 Å². The molecular weight excluding hydrogens is 364 g/mol. The standard InChI is InChI=1S/C20H19ClN4O2/c1-13-4-3-5-14(10-13)12-22-20(26)16-7-9-19(25-24-16)23-17-11-15(21)6-8-18(17)27-2/h3-11H,12H2,1-2H3,(H,22,26)(H,23,25). The molecule has 0 atom stereocenters. The SMILES string of the molecule is COc1ccc(Cl)cc1Nc1ccc(C(=O)NCc2cccc(C)c2)nn1. The van der Waals surface area contributed by atoms with Crippen molar-refractivity contribution in [3.8, 4) is 5.75 Å². The van der Waals surface area contributed by atoms with Crippen molar-refractivity contribution in [1.29, 1.82) is 0 Å². The first-order valence-electron chi connectivity index (χ1n) is 8.33. The van der Waals surface area contributed by atoms with E-state index in [0.29, 0.717) is 28.8 Å². The summed E-state index contributed by atoms with van der Waals surface area (Å²) in [5, 5.41) is 14.5. The average Bonchev–Trinajstić information content (AvgIpc) is 2.67. The molecule has 27 heavy (non-hydrogen) atoms. The van der Waals surface area contributed by atoms with Crippen molar-refractivity contribution < 1.29 is 9.53 Å². The van der Waals surface area contributed by atoms with Gasteiger partial charge in [-0.3, -0.25) is 4.79 Å². The van der Waals surface area contributed by atoms with E-state index >= 15 is 0 Å². The maximum absolute atomic E-state index is 12.2. The molecule has 0 aliphatic heterocycles. The fourth-order valence-electron chi connectivity index (χ4n) is 2.53. The number of carbonyl (C=O) groups excluding carboxylic acids is 1. The molecule has 0 aliphatic carbocycles. The molecule has 0 spiro atoms. The largest absolute Gasteiger partial charge is 0.495 e. The van der Waals surface area contributed by atoms with Crippen LogP contribution in [0.4, 0.5) is 11.5 Å². The van der Waals surface area contributed by atoms with Gasteiger partial charge in [0.05, 0.1) is 12.8 Å². The number of ether oxygens (including phenoxy) is 1. The lowest BCUT2D eigenvalue weighted by Gasteiger charge is -2.11. The third-order valence-corrected chi connectivity index (χ3v) is 4.09. The average molecular weight is 383 g/mol. The number of nitrogens with zero attached hydrogens (tertiary/aromatic N) is 2. The molecule has 138 valence electrons. The number of amides is 1. The van der Waals surface area contributed by atoms with Crippen molar-refractivity contribution in [1.82, 2.24) is 15.5 Å². The first kappa shape index (κ1) is 18.7. The number of hydrogen-bond acceptors (Lipinski definition) is 5. The molecule has 0 unspecified atom stereocenters. The van der Waals surface area contributed by atoms with E-state index in [1.54, 1.807) is 37.4 Å². The van der Waals surface area contributed by atoms with Crippen molar-refractivity contribution in [3.05, 3.63) is 76.4 Å². The maximum Gasteiger partial charge on any atom is 0.272 e. The fourth-order valence-corrected chi connectivity index (χ4v) is 2.70. The van der Waals surface area contributed by atoms with Crippen molar-refractivity contribution in [3.63, 3.8) is 0 Å². The highest BCUT2D eigenvalue weighted by molar-refractivity contribution is 6.31. The molecule has 0 aliphatic rings. The van der Waals surface area contributed by atoms with Gasteiger partial charge >= 0.3 is 0 Å². The molecule has 0 saturated carbocycles. The Labute approximate surface area is 162 Å². The van der Waals surface area contributed by atoms with E-state index in [1.165, 1.54) is 0 Å². The van der Waals surface area contributed by atoms with Crippen molar-refractivity contribution in [2.75, 3.05) is 12.4 Å².